The summed E-state index contributed by atoms with van der Waals surface area (Å²) in [5.74, 6) is -0.565. The predicted molar refractivity (Wildman–Crippen MR) is 116 cm³/mol. The van der Waals surface area contributed by atoms with Gasteiger partial charge in [0.1, 0.15) is 19.8 Å². The van der Waals surface area contributed by atoms with Crippen molar-refractivity contribution in [3.05, 3.63) is 0 Å². The molecular formula is C20H37N3O10. The van der Waals surface area contributed by atoms with Crippen molar-refractivity contribution in [3.63, 3.8) is 0 Å². The van der Waals surface area contributed by atoms with Gasteiger partial charge in [0.05, 0.1) is 59.5 Å². The van der Waals surface area contributed by atoms with Crippen LogP contribution in [0, 0.1) is 0 Å². The Morgan fingerprint density at radius 2 is 0.970 bits per heavy atom. The van der Waals surface area contributed by atoms with Gasteiger partial charge in [0.2, 0.25) is 18.2 Å². The largest absolute Gasteiger partial charge is 0.377 e. The van der Waals surface area contributed by atoms with E-state index in [1.807, 2.05) is 0 Å². The minimum atomic E-state index is -0.262. The average Bonchev–Trinajstić information content (AvgIpc) is 2.78. The first-order valence-electron chi connectivity index (χ1n) is 10.7. The Morgan fingerprint density at radius 1 is 0.576 bits per heavy atom. The highest BCUT2D eigenvalue weighted by molar-refractivity contribution is 5.77. The lowest BCUT2D eigenvalue weighted by atomic mass is 10.5. The number of hydrogen-bond donors (Lipinski definition) is 3. The molecule has 33 heavy (non-hydrogen) atoms. The molecule has 0 aliphatic rings. The van der Waals surface area contributed by atoms with E-state index in [9.17, 15) is 19.2 Å². The van der Waals surface area contributed by atoms with Crippen LogP contribution in [0.4, 0.5) is 0 Å². The van der Waals surface area contributed by atoms with Gasteiger partial charge in [-0.3, -0.25) is 19.2 Å². The summed E-state index contributed by atoms with van der Waals surface area (Å²) in [4.78, 5) is 43.8. The lowest BCUT2D eigenvalue weighted by Gasteiger charge is -2.09. The van der Waals surface area contributed by atoms with Crippen LogP contribution < -0.4 is 16.0 Å². The Bertz CT molecular complexity index is 522. The zero-order valence-corrected chi connectivity index (χ0v) is 19.3. The molecule has 0 radical (unpaired) electrons. The molecule has 0 atom stereocenters. The van der Waals surface area contributed by atoms with Crippen molar-refractivity contribution in [2.24, 2.45) is 0 Å². The lowest BCUT2D eigenvalue weighted by Crippen LogP contribution is -2.32. The number of ether oxygens (including phenoxy) is 6. The number of ketones is 1. The normalized spacial score (nSPS) is 10.6. The summed E-state index contributed by atoms with van der Waals surface area (Å²) in [6, 6.07) is 0. The van der Waals surface area contributed by atoms with Gasteiger partial charge in [-0.1, -0.05) is 0 Å². The monoisotopic (exact) mass is 479 g/mol. The maximum atomic E-state index is 11.6. The van der Waals surface area contributed by atoms with Crippen molar-refractivity contribution in [2.45, 2.75) is 6.92 Å². The zero-order chi connectivity index (χ0) is 24.4. The third-order valence-electron chi connectivity index (χ3n) is 3.50. The molecule has 0 aliphatic heterocycles. The van der Waals surface area contributed by atoms with E-state index in [2.05, 4.69) is 16.0 Å². The van der Waals surface area contributed by atoms with E-state index < -0.39 is 0 Å². The van der Waals surface area contributed by atoms with Crippen LogP contribution in [0.3, 0.4) is 0 Å². The quantitative estimate of drug-likeness (QED) is 0.0956. The molecule has 192 valence electrons. The van der Waals surface area contributed by atoms with Crippen LogP contribution in [-0.2, 0) is 47.6 Å². The van der Waals surface area contributed by atoms with Gasteiger partial charge in [-0.2, -0.15) is 0 Å². The van der Waals surface area contributed by atoms with E-state index in [1.54, 1.807) is 0 Å². The Kier molecular flexibility index (Phi) is 22.9. The van der Waals surface area contributed by atoms with Crippen molar-refractivity contribution in [1.82, 2.24) is 16.0 Å². The second-order valence-electron chi connectivity index (χ2n) is 6.47. The second kappa shape index (κ2) is 24.5. The van der Waals surface area contributed by atoms with Crippen LogP contribution in [0.2, 0.25) is 0 Å². The summed E-state index contributed by atoms with van der Waals surface area (Å²) in [5, 5.41) is 7.75. The van der Waals surface area contributed by atoms with E-state index in [-0.39, 0.29) is 50.6 Å². The van der Waals surface area contributed by atoms with Crippen molar-refractivity contribution in [2.75, 3.05) is 98.9 Å². The van der Waals surface area contributed by atoms with Crippen LogP contribution in [0.25, 0.3) is 0 Å². The van der Waals surface area contributed by atoms with Crippen LogP contribution >= 0.6 is 0 Å². The van der Waals surface area contributed by atoms with Crippen LogP contribution in [-0.4, -0.2) is 123 Å². The molecule has 13 heteroatoms. The van der Waals surface area contributed by atoms with E-state index in [0.717, 1.165) is 0 Å². The van der Waals surface area contributed by atoms with Gasteiger partial charge in [0.25, 0.3) is 0 Å². The second-order valence-corrected chi connectivity index (χ2v) is 6.47. The Hall–Kier alpha value is -2.16. The lowest BCUT2D eigenvalue weighted by molar-refractivity contribution is -0.127. The van der Waals surface area contributed by atoms with Crippen molar-refractivity contribution in [1.29, 1.82) is 0 Å². The van der Waals surface area contributed by atoms with Crippen LogP contribution in [0.5, 0.6) is 0 Å². The predicted octanol–water partition coefficient (Wildman–Crippen LogP) is -2.35. The van der Waals surface area contributed by atoms with Crippen molar-refractivity contribution >= 4 is 24.0 Å². The molecule has 0 aromatic rings. The molecule has 0 aromatic heterocycles. The molecule has 0 spiro atoms. The number of nitrogens with one attached hydrogen (secondary N) is 3. The van der Waals surface area contributed by atoms with Crippen molar-refractivity contribution < 1.29 is 47.6 Å². The Labute approximate surface area is 194 Å². The molecule has 0 fully saturated rings. The summed E-state index contributed by atoms with van der Waals surface area (Å²) in [5.41, 5.74) is 0. The third-order valence-corrected chi connectivity index (χ3v) is 3.50. The number of rotatable bonds is 25. The van der Waals surface area contributed by atoms with Crippen molar-refractivity contribution in [3.8, 4) is 0 Å². The molecule has 0 aliphatic carbocycles. The number of Topliss-reactive ketones (excluding diaryl/α,β-unsaturated/α-hetero) is 1. The Morgan fingerprint density at radius 3 is 1.39 bits per heavy atom. The number of carbonyl (C=O) groups excluding carboxylic acids is 4. The molecule has 3 amide bonds. The number of amides is 3. The highest BCUT2D eigenvalue weighted by atomic mass is 16.5. The summed E-state index contributed by atoms with van der Waals surface area (Å²) < 4.78 is 31.1. The van der Waals surface area contributed by atoms with Gasteiger partial charge >= 0.3 is 0 Å². The zero-order valence-electron chi connectivity index (χ0n) is 19.3. The summed E-state index contributed by atoms with van der Waals surface area (Å²) >= 11 is 0. The van der Waals surface area contributed by atoms with E-state index in [4.69, 9.17) is 28.4 Å². The third kappa shape index (κ3) is 26.0. The SMILES string of the molecule is CC(=O)COCCOCCNC(=O)COCCOCCNC(=O)COCCOCCNC=O. The topological polar surface area (TPSA) is 160 Å². The molecule has 0 saturated carbocycles. The van der Waals surface area contributed by atoms with Gasteiger partial charge in [-0.05, 0) is 6.92 Å². The summed E-state index contributed by atoms with van der Waals surface area (Å²) in [6.45, 7) is 5.32. The first-order valence-corrected chi connectivity index (χ1v) is 10.7. The Balaban J connectivity index is 3.28. The molecule has 0 bridgehead atoms. The van der Waals surface area contributed by atoms with Crippen LogP contribution in [0.15, 0.2) is 0 Å². The fourth-order valence-electron chi connectivity index (χ4n) is 2.02. The van der Waals surface area contributed by atoms with Crippen LogP contribution in [0.1, 0.15) is 6.92 Å². The molecule has 0 saturated heterocycles. The van der Waals surface area contributed by atoms with Gasteiger partial charge in [0, 0.05) is 19.6 Å². The fourth-order valence-corrected chi connectivity index (χ4v) is 2.02. The molecule has 0 heterocycles. The number of carbonyl (C=O) groups is 4. The molecule has 3 N–H and O–H groups in total. The van der Waals surface area contributed by atoms with E-state index in [0.29, 0.717) is 72.3 Å². The van der Waals surface area contributed by atoms with Gasteiger partial charge < -0.3 is 44.4 Å². The highest BCUT2D eigenvalue weighted by Crippen LogP contribution is 1.83. The summed E-state index contributed by atoms with van der Waals surface area (Å²) in [6.07, 6.45) is 0.597. The standard InChI is InChI=1S/C20H37N3O10/c1-18(25)14-31-11-8-29-6-3-22-20(27)16-33-13-10-30-7-4-23-19(26)15-32-12-9-28-5-2-21-17-24/h17H,2-16H2,1H3,(H,21,24)(H,22,27)(H,23,26). The molecule has 13 nitrogen and oxygen atoms in total. The van der Waals surface area contributed by atoms with E-state index in [1.165, 1.54) is 6.92 Å². The first-order chi connectivity index (χ1) is 16.1. The fraction of sp³-hybridized carbons (Fsp3) is 0.800. The first kappa shape index (κ1) is 30.8. The number of hydrogen-bond acceptors (Lipinski definition) is 10. The molecule has 0 unspecified atom stereocenters. The maximum absolute atomic E-state index is 11.6. The average molecular weight is 480 g/mol. The maximum Gasteiger partial charge on any atom is 0.246 e. The van der Waals surface area contributed by atoms with E-state index >= 15 is 0 Å². The highest BCUT2D eigenvalue weighted by Gasteiger charge is 2.02. The van der Waals surface area contributed by atoms with Gasteiger partial charge in [0.15, 0.2) is 5.78 Å². The minimum Gasteiger partial charge on any atom is -0.377 e. The minimum absolute atomic E-state index is 0.0402. The smallest absolute Gasteiger partial charge is 0.246 e. The van der Waals surface area contributed by atoms with Gasteiger partial charge in [-0.25, -0.2) is 0 Å². The summed E-state index contributed by atoms with van der Waals surface area (Å²) in [7, 11) is 0. The van der Waals surface area contributed by atoms with Gasteiger partial charge in [-0.15, -0.1) is 0 Å². The molecule has 0 rings (SSSR count). The molecule has 0 aromatic carbocycles. The molecular weight excluding hydrogens is 442 g/mol.